The number of nitrogens with zero attached hydrogens (tertiary/aromatic N) is 2. The lowest BCUT2D eigenvalue weighted by molar-refractivity contribution is 0.325. The fourth-order valence-electron chi connectivity index (χ4n) is 1.26. The highest BCUT2D eigenvalue weighted by molar-refractivity contribution is 7.99. The van der Waals surface area contributed by atoms with Crippen LogP contribution < -0.4 is 4.74 Å². The van der Waals surface area contributed by atoms with Crippen LogP contribution in [0.1, 0.15) is 6.92 Å². The number of rotatable bonds is 4. The summed E-state index contributed by atoms with van der Waals surface area (Å²) in [5, 5.41) is 0.731. The van der Waals surface area contributed by atoms with Crippen LogP contribution in [-0.4, -0.2) is 16.6 Å². The lowest BCUT2D eigenvalue weighted by atomic mass is 10.4. The third kappa shape index (κ3) is 3.42. The first-order valence-corrected chi connectivity index (χ1v) is 5.98. The molecular formula is C12H11FN2OS. The van der Waals surface area contributed by atoms with Gasteiger partial charge in [0.15, 0.2) is 0 Å². The minimum Gasteiger partial charge on any atom is -0.478 e. The Morgan fingerprint density at radius 3 is 2.94 bits per heavy atom. The zero-order valence-electron chi connectivity index (χ0n) is 9.26. The molecule has 0 N–H and O–H groups in total. The van der Waals surface area contributed by atoms with Crippen molar-refractivity contribution < 1.29 is 9.13 Å². The van der Waals surface area contributed by atoms with Crippen molar-refractivity contribution >= 4 is 11.8 Å². The van der Waals surface area contributed by atoms with Crippen molar-refractivity contribution in [3.8, 4) is 5.88 Å². The summed E-state index contributed by atoms with van der Waals surface area (Å²) >= 11 is 1.37. The first-order chi connectivity index (χ1) is 8.28. The number of hydrogen-bond donors (Lipinski definition) is 0. The largest absolute Gasteiger partial charge is 0.478 e. The summed E-state index contributed by atoms with van der Waals surface area (Å²) in [7, 11) is 0. The number of hydrogen-bond acceptors (Lipinski definition) is 4. The van der Waals surface area contributed by atoms with E-state index in [4.69, 9.17) is 4.74 Å². The van der Waals surface area contributed by atoms with Gasteiger partial charge in [-0.25, -0.2) is 14.4 Å². The van der Waals surface area contributed by atoms with Crippen LogP contribution in [0.15, 0.2) is 46.6 Å². The molecule has 0 radical (unpaired) electrons. The Bertz CT molecular complexity index is 507. The number of aromatic nitrogens is 2. The predicted octanol–water partition coefficient (Wildman–Crippen LogP) is 3.17. The van der Waals surface area contributed by atoms with Gasteiger partial charge < -0.3 is 4.74 Å². The first-order valence-electron chi connectivity index (χ1n) is 5.16. The van der Waals surface area contributed by atoms with E-state index in [1.807, 2.05) is 13.0 Å². The van der Waals surface area contributed by atoms with Crippen LogP contribution in [0.2, 0.25) is 0 Å². The van der Waals surface area contributed by atoms with Crippen LogP contribution in [0, 0.1) is 5.82 Å². The lowest BCUT2D eigenvalue weighted by Gasteiger charge is -2.04. The normalized spacial score (nSPS) is 10.2. The number of benzene rings is 1. The monoisotopic (exact) mass is 250 g/mol. The van der Waals surface area contributed by atoms with Gasteiger partial charge in [-0.2, -0.15) is 0 Å². The van der Waals surface area contributed by atoms with E-state index < -0.39 is 0 Å². The third-order valence-electron chi connectivity index (χ3n) is 1.93. The highest BCUT2D eigenvalue weighted by Crippen LogP contribution is 2.27. The molecule has 0 aliphatic rings. The minimum atomic E-state index is -0.255. The SMILES string of the molecule is CCOc1cc(Sc2cccc(F)c2)ncn1. The molecule has 0 spiro atoms. The molecule has 0 saturated carbocycles. The third-order valence-corrected chi connectivity index (χ3v) is 2.85. The Morgan fingerprint density at radius 2 is 2.18 bits per heavy atom. The average Bonchev–Trinajstić information content (AvgIpc) is 2.30. The van der Waals surface area contributed by atoms with Gasteiger partial charge in [0.1, 0.15) is 17.2 Å². The van der Waals surface area contributed by atoms with Crippen LogP contribution in [0.3, 0.4) is 0 Å². The van der Waals surface area contributed by atoms with Crippen molar-refractivity contribution in [2.45, 2.75) is 16.8 Å². The zero-order valence-corrected chi connectivity index (χ0v) is 10.1. The van der Waals surface area contributed by atoms with Gasteiger partial charge in [-0.15, -0.1) is 0 Å². The molecule has 2 aromatic rings. The summed E-state index contributed by atoms with van der Waals surface area (Å²) in [6.07, 6.45) is 1.44. The minimum absolute atomic E-state index is 0.255. The molecule has 0 fully saturated rings. The molecule has 88 valence electrons. The van der Waals surface area contributed by atoms with E-state index >= 15 is 0 Å². The van der Waals surface area contributed by atoms with E-state index in [-0.39, 0.29) is 5.82 Å². The van der Waals surface area contributed by atoms with Gasteiger partial charge in [0, 0.05) is 11.0 Å². The predicted molar refractivity (Wildman–Crippen MR) is 63.7 cm³/mol. The molecule has 0 bridgehead atoms. The number of halogens is 1. The number of ether oxygens (including phenoxy) is 1. The molecule has 0 amide bonds. The van der Waals surface area contributed by atoms with Crippen molar-refractivity contribution in [3.05, 3.63) is 42.5 Å². The van der Waals surface area contributed by atoms with Gasteiger partial charge in [-0.3, -0.25) is 0 Å². The van der Waals surface area contributed by atoms with Gasteiger partial charge >= 0.3 is 0 Å². The van der Waals surface area contributed by atoms with E-state index in [0.29, 0.717) is 12.5 Å². The maximum Gasteiger partial charge on any atom is 0.217 e. The van der Waals surface area contributed by atoms with Crippen molar-refractivity contribution in [3.63, 3.8) is 0 Å². The summed E-state index contributed by atoms with van der Waals surface area (Å²) in [6, 6.07) is 8.11. The average molecular weight is 250 g/mol. The summed E-state index contributed by atoms with van der Waals surface area (Å²) in [5.74, 6) is 0.274. The van der Waals surface area contributed by atoms with E-state index in [9.17, 15) is 4.39 Å². The molecule has 0 aliphatic carbocycles. The molecule has 0 atom stereocenters. The van der Waals surface area contributed by atoms with E-state index in [1.165, 1.54) is 30.2 Å². The Morgan fingerprint density at radius 1 is 1.29 bits per heavy atom. The van der Waals surface area contributed by atoms with Gasteiger partial charge in [0.05, 0.1) is 6.61 Å². The van der Waals surface area contributed by atoms with Crippen molar-refractivity contribution in [2.24, 2.45) is 0 Å². The van der Waals surface area contributed by atoms with E-state index in [2.05, 4.69) is 9.97 Å². The summed E-state index contributed by atoms with van der Waals surface area (Å²) in [6.45, 7) is 2.45. The Balaban J connectivity index is 2.15. The molecular weight excluding hydrogens is 239 g/mol. The van der Waals surface area contributed by atoms with Gasteiger partial charge in [0.25, 0.3) is 0 Å². The molecule has 0 aliphatic heterocycles. The standard InChI is InChI=1S/C12H11FN2OS/c1-2-16-11-7-12(15-8-14-11)17-10-5-3-4-9(13)6-10/h3-8H,2H2,1H3. The highest BCUT2D eigenvalue weighted by Gasteiger charge is 2.02. The molecule has 3 nitrogen and oxygen atoms in total. The quantitative estimate of drug-likeness (QED) is 0.781. The molecule has 0 unspecified atom stereocenters. The van der Waals surface area contributed by atoms with Gasteiger partial charge in [-0.1, -0.05) is 17.8 Å². The second-order valence-electron chi connectivity index (χ2n) is 3.19. The van der Waals surface area contributed by atoms with Crippen molar-refractivity contribution in [2.75, 3.05) is 6.61 Å². The molecule has 17 heavy (non-hydrogen) atoms. The summed E-state index contributed by atoms with van der Waals surface area (Å²) in [4.78, 5) is 8.86. The smallest absolute Gasteiger partial charge is 0.217 e. The summed E-state index contributed by atoms with van der Waals surface area (Å²) < 4.78 is 18.3. The van der Waals surface area contributed by atoms with E-state index in [1.54, 1.807) is 12.1 Å². The van der Waals surface area contributed by atoms with Crippen molar-refractivity contribution in [1.29, 1.82) is 0 Å². The maximum atomic E-state index is 13.0. The van der Waals surface area contributed by atoms with E-state index in [0.717, 1.165) is 9.92 Å². The Hall–Kier alpha value is -1.62. The molecule has 1 aromatic carbocycles. The second kappa shape index (κ2) is 5.63. The molecule has 1 heterocycles. The molecule has 1 aromatic heterocycles. The fourth-order valence-corrected chi connectivity index (χ4v) is 2.08. The van der Waals surface area contributed by atoms with Gasteiger partial charge in [0.2, 0.25) is 5.88 Å². The van der Waals surface area contributed by atoms with Crippen LogP contribution >= 0.6 is 11.8 Å². The highest BCUT2D eigenvalue weighted by atomic mass is 32.2. The molecule has 2 rings (SSSR count). The Labute approximate surface area is 103 Å². The summed E-state index contributed by atoms with van der Waals surface area (Å²) in [5.41, 5.74) is 0. The van der Waals surface area contributed by atoms with Gasteiger partial charge in [-0.05, 0) is 25.1 Å². The molecule has 5 heteroatoms. The van der Waals surface area contributed by atoms with Crippen molar-refractivity contribution in [1.82, 2.24) is 9.97 Å². The first kappa shape index (κ1) is 11.9. The topological polar surface area (TPSA) is 35.0 Å². The van der Waals surface area contributed by atoms with Crippen LogP contribution in [-0.2, 0) is 0 Å². The van der Waals surface area contributed by atoms with Crippen LogP contribution in [0.5, 0.6) is 5.88 Å². The molecule has 0 saturated heterocycles. The fraction of sp³-hybridized carbons (Fsp3) is 0.167. The zero-order chi connectivity index (χ0) is 12.1. The van der Waals surface area contributed by atoms with Crippen LogP contribution in [0.4, 0.5) is 4.39 Å². The van der Waals surface area contributed by atoms with Crippen LogP contribution in [0.25, 0.3) is 0 Å². The Kier molecular flexibility index (Phi) is 3.93. The second-order valence-corrected chi connectivity index (χ2v) is 4.28. The lowest BCUT2D eigenvalue weighted by Crippen LogP contribution is -1.95. The maximum absolute atomic E-state index is 13.0.